The highest BCUT2D eigenvalue weighted by atomic mass is 16.6. The van der Waals surface area contributed by atoms with Gasteiger partial charge in [-0.05, 0) is 43.0 Å². The lowest BCUT2D eigenvalue weighted by molar-refractivity contribution is -0.147. The van der Waals surface area contributed by atoms with Gasteiger partial charge in [0.1, 0.15) is 24.3 Å². The zero-order chi connectivity index (χ0) is 23.5. The zero-order valence-corrected chi connectivity index (χ0v) is 18.3. The van der Waals surface area contributed by atoms with Gasteiger partial charge in [-0.3, -0.25) is 4.79 Å². The smallest absolute Gasteiger partial charge is 0.408 e. The van der Waals surface area contributed by atoms with E-state index in [1.165, 1.54) is 0 Å². The number of hydrogen-bond acceptors (Lipinski definition) is 6. The molecule has 1 amide bonds. The molecule has 0 fully saturated rings. The number of benzene rings is 2. The fourth-order valence-corrected chi connectivity index (χ4v) is 3.72. The van der Waals surface area contributed by atoms with E-state index in [-0.39, 0.29) is 18.9 Å². The Balaban J connectivity index is 1.74. The van der Waals surface area contributed by atoms with Gasteiger partial charge in [-0.15, -0.1) is 0 Å². The first kappa shape index (κ1) is 23.3. The van der Waals surface area contributed by atoms with Crippen molar-refractivity contribution in [2.45, 2.75) is 50.8 Å². The van der Waals surface area contributed by atoms with Crippen LogP contribution in [0.3, 0.4) is 0 Å². The average Bonchev–Trinajstić information content (AvgIpc) is 3.04. The minimum Gasteiger partial charge on any atom is -0.480 e. The van der Waals surface area contributed by atoms with Crippen LogP contribution < -0.4 is 11.1 Å². The predicted octanol–water partition coefficient (Wildman–Crippen LogP) is 3.04. The minimum absolute atomic E-state index is 0.0433. The van der Waals surface area contributed by atoms with Crippen LogP contribution in [0.1, 0.15) is 44.2 Å². The van der Waals surface area contributed by atoms with E-state index in [2.05, 4.69) is 5.32 Å². The van der Waals surface area contributed by atoms with Crippen LogP contribution >= 0.6 is 0 Å². The fraction of sp³-hybridized carbons (Fsp3) is 0.375. The van der Waals surface area contributed by atoms with Gasteiger partial charge in [0.2, 0.25) is 0 Å². The van der Waals surface area contributed by atoms with Gasteiger partial charge >= 0.3 is 18.0 Å². The molecule has 0 saturated heterocycles. The third-order valence-corrected chi connectivity index (χ3v) is 5.14. The van der Waals surface area contributed by atoms with E-state index in [1.54, 1.807) is 20.8 Å². The van der Waals surface area contributed by atoms with Gasteiger partial charge in [0.15, 0.2) is 0 Å². The second kappa shape index (κ2) is 9.40. The normalized spacial score (nSPS) is 14.6. The Bertz CT molecular complexity index is 968. The number of alkyl carbamates (subject to hydrolysis) is 1. The molecule has 0 unspecified atom stereocenters. The van der Waals surface area contributed by atoms with Crippen LogP contribution in [-0.2, 0) is 19.1 Å². The lowest BCUT2D eigenvalue weighted by atomic mass is 9.98. The molecule has 4 N–H and O–H groups in total. The van der Waals surface area contributed by atoms with Crippen molar-refractivity contribution in [2.24, 2.45) is 5.73 Å². The van der Waals surface area contributed by atoms with Crippen molar-refractivity contribution in [3.63, 3.8) is 0 Å². The molecule has 0 saturated carbocycles. The molecule has 8 heteroatoms. The highest BCUT2D eigenvalue weighted by Gasteiger charge is 2.33. The molecule has 0 aliphatic heterocycles. The van der Waals surface area contributed by atoms with E-state index in [1.807, 2.05) is 48.5 Å². The molecule has 3 rings (SSSR count). The molecule has 0 bridgehead atoms. The Morgan fingerprint density at radius 3 is 2.06 bits per heavy atom. The number of esters is 1. The summed E-state index contributed by atoms with van der Waals surface area (Å²) >= 11 is 0. The minimum atomic E-state index is -1.35. The molecule has 2 aromatic rings. The van der Waals surface area contributed by atoms with E-state index >= 15 is 0 Å². The largest absolute Gasteiger partial charge is 0.480 e. The van der Waals surface area contributed by atoms with Gasteiger partial charge in [-0.1, -0.05) is 48.5 Å². The number of carboxylic acids is 1. The van der Waals surface area contributed by atoms with E-state index in [0.717, 1.165) is 22.3 Å². The maximum atomic E-state index is 12.8. The molecule has 0 radical (unpaired) electrons. The molecule has 2 atom stereocenters. The van der Waals surface area contributed by atoms with Crippen LogP contribution in [0.2, 0.25) is 0 Å². The predicted molar refractivity (Wildman–Crippen MR) is 118 cm³/mol. The monoisotopic (exact) mass is 440 g/mol. The Hall–Kier alpha value is -3.39. The van der Waals surface area contributed by atoms with Gasteiger partial charge < -0.3 is 25.6 Å². The van der Waals surface area contributed by atoms with Crippen molar-refractivity contribution in [2.75, 3.05) is 6.61 Å². The molecule has 2 aromatic carbocycles. The van der Waals surface area contributed by atoms with Crippen LogP contribution in [0.25, 0.3) is 11.1 Å². The molecule has 1 aliphatic carbocycles. The van der Waals surface area contributed by atoms with Crippen LogP contribution in [-0.4, -0.2) is 47.4 Å². The lowest BCUT2D eigenvalue weighted by Crippen LogP contribution is -2.48. The molecule has 0 heterocycles. The standard InChI is InChI=1S/C24H28N2O6/c1-24(2,3)32-23(30)26-20(12-19(25)21(27)28)22(29)31-13-18-16-10-6-4-8-14(16)15-9-5-7-11-17(15)18/h4-11,18-20H,12-13,25H2,1-3H3,(H,26,30)(H,27,28)/t19-,20+/m0/s1. The number of hydrogen-bond donors (Lipinski definition) is 3. The first-order valence-electron chi connectivity index (χ1n) is 10.4. The summed E-state index contributed by atoms with van der Waals surface area (Å²) in [6.45, 7) is 5.08. The number of nitrogens with two attached hydrogens (primary N) is 1. The molecular formula is C24H28N2O6. The molecule has 32 heavy (non-hydrogen) atoms. The summed E-state index contributed by atoms with van der Waals surface area (Å²) in [5, 5.41) is 11.5. The SMILES string of the molecule is CC(C)(C)OC(=O)N[C@H](C[C@H](N)C(=O)O)C(=O)OCC1c2ccccc2-c2ccccc21. The maximum absolute atomic E-state index is 12.8. The highest BCUT2D eigenvalue weighted by Crippen LogP contribution is 2.44. The summed E-state index contributed by atoms with van der Waals surface area (Å²) in [5.41, 5.74) is 9.07. The van der Waals surface area contributed by atoms with E-state index in [4.69, 9.17) is 20.3 Å². The van der Waals surface area contributed by atoms with Crippen molar-refractivity contribution in [3.8, 4) is 11.1 Å². The number of nitrogens with one attached hydrogen (secondary N) is 1. The van der Waals surface area contributed by atoms with Crippen LogP contribution in [0, 0.1) is 0 Å². The van der Waals surface area contributed by atoms with Gasteiger partial charge in [0, 0.05) is 12.3 Å². The van der Waals surface area contributed by atoms with Gasteiger partial charge in [-0.2, -0.15) is 0 Å². The van der Waals surface area contributed by atoms with Gasteiger partial charge in [-0.25, -0.2) is 9.59 Å². The van der Waals surface area contributed by atoms with E-state index in [9.17, 15) is 14.4 Å². The molecular weight excluding hydrogens is 412 g/mol. The van der Waals surface area contributed by atoms with Gasteiger partial charge in [0.25, 0.3) is 0 Å². The Morgan fingerprint density at radius 1 is 1.03 bits per heavy atom. The summed E-state index contributed by atoms with van der Waals surface area (Å²) in [6, 6.07) is 13.2. The summed E-state index contributed by atoms with van der Waals surface area (Å²) < 4.78 is 10.7. The average molecular weight is 440 g/mol. The topological polar surface area (TPSA) is 128 Å². The lowest BCUT2D eigenvalue weighted by Gasteiger charge is -2.24. The molecule has 1 aliphatic rings. The summed E-state index contributed by atoms with van der Waals surface area (Å²) in [4.78, 5) is 36.2. The number of rotatable bonds is 7. The van der Waals surface area contributed by atoms with E-state index < -0.39 is 35.7 Å². The van der Waals surface area contributed by atoms with Crippen molar-refractivity contribution in [1.29, 1.82) is 0 Å². The Kier molecular flexibility index (Phi) is 6.84. The molecule has 170 valence electrons. The number of carbonyl (C=O) groups excluding carboxylic acids is 2. The second-order valence-corrected chi connectivity index (χ2v) is 8.74. The molecule has 8 nitrogen and oxygen atoms in total. The quantitative estimate of drug-likeness (QED) is 0.565. The van der Waals surface area contributed by atoms with Crippen LogP contribution in [0.15, 0.2) is 48.5 Å². The highest BCUT2D eigenvalue weighted by molar-refractivity contribution is 5.83. The zero-order valence-electron chi connectivity index (χ0n) is 18.3. The molecule has 0 aromatic heterocycles. The van der Waals surface area contributed by atoms with Crippen molar-refractivity contribution < 1.29 is 29.0 Å². The number of fused-ring (bicyclic) bond motifs is 3. The Labute approximate surface area is 186 Å². The van der Waals surface area contributed by atoms with Crippen molar-refractivity contribution in [3.05, 3.63) is 59.7 Å². The van der Waals surface area contributed by atoms with Gasteiger partial charge in [0.05, 0.1) is 0 Å². The van der Waals surface area contributed by atoms with Crippen molar-refractivity contribution in [1.82, 2.24) is 5.32 Å². The summed E-state index contributed by atoms with van der Waals surface area (Å²) in [6.07, 6.45) is -1.18. The molecule has 0 spiro atoms. The number of aliphatic carboxylic acids is 1. The summed E-state index contributed by atoms with van der Waals surface area (Å²) in [7, 11) is 0. The first-order valence-corrected chi connectivity index (χ1v) is 10.4. The van der Waals surface area contributed by atoms with E-state index in [0.29, 0.717) is 0 Å². The third kappa shape index (κ3) is 5.45. The number of amides is 1. The number of carboxylic acid groups (broad SMARTS) is 1. The summed E-state index contributed by atoms with van der Waals surface area (Å²) in [5.74, 6) is -2.22. The number of carbonyl (C=O) groups is 3. The third-order valence-electron chi connectivity index (χ3n) is 5.14. The second-order valence-electron chi connectivity index (χ2n) is 8.74. The Morgan fingerprint density at radius 2 is 1.56 bits per heavy atom. The fourth-order valence-electron chi connectivity index (χ4n) is 3.72. The maximum Gasteiger partial charge on any atom is 0.408 e. The first-order chi connectivity index (χ1) is 15.1. The van der Waals surface area contributed by atoms with Crippen LogP contribution in [0.5, 0.6) is 0 Å². The number of ether oxygens (including phenoxy) is 2. The van der Waals surface area contributed by atoms with Crippen LogP contribution in [0.4, 0.5) is 4.79 Å². The van der Waals surface area contributed by atoms with Crippen molar-refractivity contribution >= 4 is 18.0 Å².